The van der Waals surface area contributed by atoms with Gasteiger partial charge < -0.3 is 4.52 Å². The number of hydrogen-bond acceptors (Lipinski definition) is 5. The van der Waals surface area contributed by atoms with E-state index in [0.29, 0.717) is 11.3 Å². The molecule has 1 aromatic heterocycles. The van der Waals surface area contributed by atoms with Crippen LogP contribution in [0, 0.1) is 20.8 Å². The third-order valence-corrected chi connectivity index (χ3v) is 4.29. The Hall–Kier alpha value is -2.35. The Labute approximate surface area is 122 Å². The lowest BCUT2D eigenvalue weighted by molar-refractivity contribution is 0.255. The highest BCUT2D eigenvalue weighted by Crippen LogP contribution is 2.17. The minimum atomic E-state index is -3.93. The molecular formula is C13H15N3O4S. The van der Waals surface area contributed by atoms with E-state index in [9.17, 15) is 13.2 Å². The van der Waals surface area contributed by atoms with E-state index in [4.69, 9.17) is 4.52 Å². The SMILES string of the molecule is Cc1ccc(S(=O)(=O)NC(=O)Nc2onc(C)c2C)cc1. The molecule has 0 unspecified atom stereocenters. The van der Waals surface area contributed by atoms with Crippen molar-refractivity contribution < 1.29 is 17.7 Å². The van der Waals surface area contributed by atoms with Gasteiger partial charge in [0.1, 0.15) is 0 Å². The number of rotatable bonds is 3. The largest absolute Gasteiger partial charge is 0.338 e. The second kappa shape index (κ2) is 5.57. The van der Waals surface area contributed by atoms with Crippen molar-refractivity contribution >= 4 is 21.9 Å². The van der Waals surface area contributed by atoms with Gasteiger partial charge in [-0.2, -0.15) is 0 Å². The number of benzene rings is 1. The maximum atomic E-state index is 12.0. The lowest BCUT2D eigenvalue weighted by atomic mass is 10.2. The molecule has 7 nitrogen and oxygen atoms in total. The van der Waals surface area contributed by atoms with E-state index in [0.717, 1.165) is 5.56 Å². The summed E-state index contributed by atoms with van der Waals surface area (Å²) >= 11 is 0. The zero-order valence-corrected chi connectivity index (χ0v) is 12.6. The predicted molar refractivity (Wildman–Crippen MR) is 76.5 cm³/mol. The lowest BCUT2D eigenvalue weighted by Gasteiger charge is -2.07. The van der Waals surface area contributed by atoms with Gasteiger partial charge in [0.05, 0.1) is 10.6 Å². The van der Waals surface area contributed by atoms with Gasteiger partial charge in [-0.1, -0.05) is 22.9 Å². The van der Waals surface area contributed by atoms with Gasteiger partial charge in [0.25, 0.3) is 10.0 Å². The Kier molecular flexibility index (Phi) is 3.99. The van der Waals surface area contributed by atoms with Gasteiger partial charge in [-0.15, -0.1) is 0 Å². The van der Waals surface area contributed by atoms with E-state index >= 15 is 0 Å². The number of aromatic nitrogens is 1. The zero-order valence-electron chi connectivity index (χ0n) is 11.8. The van der Waals surface area contributed by atoms with Crippen LogP contribution in [0.3, 0.4) is 0 Å². The molecule has 2 aromatic rings. The molecule has 2 N–H and O–H groups in total. The summed E-state index contributed by atoms with van der Waals surface area (Å²) in [6, 6.07) is 5.24. The van der Waals surface area contributed by atoms with Gasteiger partial charge in [-0.25, -0.2) is 17.9 Å². The summed E-state index contributed by atoms with van der Waals surface area (Å²) in [5.41, 5.74) is 2.18. The van der Waals surface area contributed by atoms with E-state index in [2.05, 4.69) is 10.5 Å². The lowest BCUT2D eigenvalue weighted by Crippen LogP contribution is -2.34. The first-order valence-corrected chi connectivity index (χ1v) is 7.61. The van der Waals surface area contributed by atoms with Crippen LogP contribution in [0.4, 0.5) is 10.7 Å². The summed E-state index contributed by atoms with van der Waals surface area (Å²) in [5.74, 6) is 0.115. The van der Waals surface area contributed by atoms with Crippen molar-refractivity contribution in [1.29, 1.82) is 0 Å². The number of hydrogen-bond donors (Lipinski definition) is 2. The van der Waals surface area contributed by atoms with Crippen LogP contribution in [-0.4, -0.2) is 19.6 Å². The van der Waals surface area contributed by atoms with Gasteiger partial charge >= 0.3 is 6.03 Å². The van der Waals surface area contributed by atoms with Gasteiger partial charge in [-0.3, -0.25) is 5.32 Å². The van der Waals surface area contributed by atoms with Crippen molar-refractivity contribution in [3.05, 3.63) is 41.1 Å². The molecule has 1 heterocycles. The molecule has 0 radical (unpaired) electrons. The summed E-state index contributed by atoms with van der Waals surface area (Å²) in [5, 5.41) is 5.98. The van der Waals surface area contributed by atoms with Gasteiger partial charge in [0, 0.05) is 5.56 Å². The van der Waals surface area contributed by atoms with Crippen LogP contribution in [0.1, 0.15) is 16.8 Å². The molecule has 2 amide bonds. The molecule has 0 atom stereocenters. The van der Waals surface area contributed by atoms with E-state index < -0.39 is 16.1 Å². The number of anilines is 1. The first kappa shape index (κ1) is 15.0. The molecule has 1 aromatic carbocycles. The molecular weight excluding hydrogens is 294 g/mol. The Morgan fingerprint density at radius 3 is 2.29 bits per heavy atom. The third kappa shape index (κ3) is 3.40. The quantitative estimate of drug-likeness (QED) is 0.904. The highest BCUT2D eigenvalue weighted by Gasteiger charge is 2.19. The molecule has 0 saturated carbocycles. The maximum absolute atomic E-state index is 12.0. The van der Waals surface area contributed by atoms with Crippen LogP contribution in [0.15, 0.2) is 33.7 Å². The fourth-order valence-electron chi connectivity index (χ4n) is 1.56. The number of aryl methyl sites for hydroxylation is 2. The number of nitrogens with zero attached hydrogens (tertiary/aromatic N) is 1. The van der Waals surface area contributed by atoms with Crippen molar-refractivity contribution in [1.82, 2.24) is 9.88 Å². The standard InChI is InChI=1S/C13H15N3O4S/c1-8-4-6-11(7-5-8)21(18,19)16-13(17)14-12-9(2)10(3)15-20-12/h4-7H,1-3H3,(H2,14,16,17). The Balaban J connectivity index is 2.11. The molecule has 112 valence electrons. The number of nitrogens with one attached hydrogen (secondary N) is 2. The maximum Gasteiger partial charge on any atom is 0.335 e. The van der Waals surface area contributed by atoms with Crippen molar-refractivity contribution in [2.75, 3.05) is 5.32 Å². The molecule has 2 rings (SSSR count). The molecule has 0 spiro atoms. The second-order valence-corrected chi connectivity index (χ2v) is 6.28. The Morgan fingerprint density at radius 2 is 1.76 bits per heavy atom. The fraction of sp³-hybridized carbons (Fsp3) is 0.231. The van der Waals surface area contributed by atoms with Crippen LogP contribution in [-0.2, 0) is 10.0 Å². The Bertz CT molecular complexity index is 763. The van der Waals surface area contributed by atoms with Gasteiger partial charge in [-0.05, 0) is 32.9 Å². The van der Waals surface area contributed by atoms with Crippen LogP contribution in [0.2, 0.25) is 0 Å². The highest BCUT2D eigenvalue weighted by atomic mass is 32.2. The number of carbonyl (C=O) groups excluding carboxylic acids is 1. The van der Waals surface area contributed by atoms with E-state index in [1.165, 1.54) is 12.1 Å². The zero-order chi connectivity index (χ0) is 15.6. The molecule has 0 saturated heterocycles. The van der Waals surface area contributed by atoms with Crippen LogP contribution in [0.5, 0.6) is 0 Å². The smallest absolute Gasteiger partial charge is 0.335 e. The molecule has 8 heteroatoms. The van der Waals surface area contributed by atoms with E-state index in [-0.39, 0.29) is 10.8 Å². The first-order chi connectivity index (χ1) is 9.79. The summed E-state index contributed by atoms with van der Waals surface area (Å²) in [7, 11) is -3.93. The fourth-order valence-corrected chi connectivity index (χ4v) is 2.47. The van der Waals surface area contributed by atoms with Crippen molar-refractivity contribution in [2.45, 2.75) is 25.7 Å². The molecule has 0 fully saturated rings. The van der Waals surface area contributed by atoms with Crippen molar-refractivity contribution in [2.24, 2.45) is 0 Å². The van der Waals surface area contributed by atoms with Crippen LogP contribution in [0.25, 0.3) is 0 Å². The molecule has 0 bridgehead atoms. The topological polar surface area (TPSA) is 101 Å². The number of amides is 2. The van der Waals surface area contributed by atoms with E-state index in [1.807, 2.05) is 11.6 Å². The normalized spacial score (nSPS) is 11.2. The van der Waals surface area contributed by atoms with E-state index in [1.54, 1.807) is 26.0 Å². The molecule has 21 heavy (non-hydrogen) atoms. The minimum Gasteiger partial charge on any atom is -0.338 e. The summed E-state index contributed by atoms with van der Waals surface area (Å²) in [4.78, 5) is 11.7. The number of carbonyl (C=O) groups is 1. The van der Waals surface area contributed by atoms with Gasteiger partial charge in [0.15, 0.2) is 0 Å². The average molecular weight is 309 g/mol. The summed E-state index contributed by atoms with van der Waals surface area (Å²) < 4.78 is 30.8. The Morgan fingerprint density at radius 1 is 1.14 bits per heavy atom. The predicted octanol–water partition coefficient (Wildman–Crippen LogP) is 2.11. The summed E-state index contributed by atoms with van der Waals surface area (Å²) in [6.07, 6.45) is 0. The van der Waals surface area contributed by atoms with Crippen molar-refractivity contribution in [3.63, 3.8) is 0 Å². The second-order valence-electron chi connectivity index (χ2n) is 4.59. The van der Waals surface area contributed by atoms with Gasteiger partial charge in [0.2, 0.25) is 5.88 Å². The molecule has 0 aliphatic carbocycles. The monoisotopic (exact) mass is 309 g/mol. The number of sulfonamides is 1. The van der Waals surface area contributed by atoms with Crippen molar-refractivity contribution in [3.8, 4) is 0 Å². The average Bonchev–Trinajstić information content (AvgIpc) is 2.70. The first-order valence-electron chi connectivity index (χ1n) is 6.13. The van der Waals surface area contributed by atoms with Crippen LogP contribution >= 0.6 is 0 Å². The third-order valence-electron chi connectivity index (χ3n) is 2.94. The number of urea groups is 1. The molecule has 0 aliphatic rings. The minimum absolute atomic E-state index is 0.00808. The summed E-state index contributed by atoms with van der Waals surface area (Å²) in [6.45, 7) is 5.26. The van der Waals surface area contributed by atoms with Crippen LogP contribution < -0.4 is 10.0 Å². The molecule has 0 aliphatic heterocycles. The highest BCUT2D eigenvalue weighted by molar-refractivity contribution is 7.90.